The predicted octanol–water partition coefficient (Wildman–Crippen LogP) is 4.85. The van der Waals surface area contributed by atoms with Crippen LogP contribution in [-0.4, -0.2) is 19.6 Å². The summed E-state index contributed by atoms with van der Waals surface area (Å²) in [5, 5.41) is 2.68. The lowest BCUT2D eigenvalue weighted by Crippen LogP contribution is -2.16. The zero-order valence-electron chi connectivity index (χ0n) is 14.6. The molecule has 0 atom stereocenters. The molecule has 0 spiro atoms. The molecule has 0 saturated carbocycles. The third kappa shape index (κ3) is 4.68. The molecule has 25 heavy (non-hydrogen) atoms. The van der Waals surface area contributed by atoms with Gasteiger partial charge in [-0.15, -0.1) is 0 Å². The highest BCUT2D eigenvalue weighted by Crippen LogP contribution is 2.33. The molecule has 0 bridgehead atoms. The molecule has 0 aliphatic heterocycles. The van der Waals surface area contributed by atoms with Gasteiger partial charge >= 0.3 is 6.61 Å². The van der Waals surface area contributed by atoms with E-state index in [-0.39, 0.29) is 22.5 Å². The van der Waals surface area contributed by atoms with Gasteiger partial charge in [0.2, 0.25) is 0 Å². The van der Waals surface area contributed by atoms with Gasteiger partial charge in [-0.05, 0) is 35.2 Å². The molecule has 0 saturated heterocycles. The normalized spacial score (nSPS) is 11.3. The van der Waals surface area contributed by atoms with E-state index in [4.69, 9.17) is 4.74 Å². The van der Waals surface area contributed by atoms with Crippen molar-refractivity contribution in [3.8, 4) is 11.5 Å². The Kier molecular flexibility index (Phi) is 5.62. The Hall–Kier alpha value is -2.63. The molecular weight excluding hydrogens is 328 g/mol. The zero-order chi connectivity index (χ0) is 18.6. The molecule has 1 amide bonds. The lowest BCUT2D eigenvalue weighted by molar-refractivity contribution is -0.0515. The SMILES string of the molecule is COc1cccc(C(=O)Nc2ccc(C(C)(C)C)cc2)c1OC(F)F. The molecule has 0 heterocycles. The second kappa shape index (κ2) is 7.51. The maximum absolute atomic E-state index is 12.7. The van der Waals surface area contributed by atoms with Crippen molar-refractivity contribution < 1.29 is 23.0 Å². The fourth-order valence-corrected chi connectivity index (χ4v) is 2.32. The van der Waals surface area contributed by atoms with E-state index in [1.54, 1.807) is 12.1 Å². The van der Waals surface area contributed by atoms with Crippen LogP contribution in [0.1, 0.15) is 36.7 Å². The molecule has 1 N–H and O–H groups in total. The molecule has 134 valence electrons. The Morgan fingerprint density at radius 1 is 1.08 bits per heavy atom. The van der Waals surface area contributed by atoms with Gasteiger partial charge in [-0.1, -0.05) is 39.0 Å². The summed E-state index contributed by atoms with van der Waals surface area (Å²) in [4.78, 5) is 12.5. The van der Waals surface area contributed by atoms with E-state index in [0.717, 1.165) is 5.56 Å². The van der Waals surface area contributed by atoms with E-state index in [9.17, 15) is 13.6 Å². The molecule has 4 nitrogen and oxygen atoms in total. The largest absolute Gasteiger partial charge is 0.493 e. The Morgan fingerprint density at radius 2 is 1.72 bits per heavy atom. The number of carbonyl (C=O) groups is 1. The van der Waals surface area contributed by atoms with E-state index in [2.05, 4.69) is 30.8 Å². The number of methoxy groups -OCH3 is 1. The fourth-order valence-electron chi connectivity index (χ4n) is 2.32. The zero-order valence-corrected chi connectivity index (χ0v) is 14.6. The van der Waals surface area contributed by atoms with Crippen LogP contribution in [0.15, 0.2) is 42.5 Å². The summed E-state index contributed by atoms with van der Waals surface area (Å²) < 4.78 is 34.8. The van der Waals surface area contributed by atoms with E-state index in [1.165, 1.54) is 25.3 Å². The van der Waals surface area contributed by atoms with Crippen LogP contribution < -0.4 is 14.8 Å². The molecule has 2 rings (SSSR count). The highest BCUT2D eigenvalue weighted by Gasteiger charge is 2.20. The first-order chi connectivity index (χ1) is 11.7. The van der Waals surface area contributed by atoms with Crippen LogP contribution in [0.25, 0.3) is 0 Å². The maximum atomic E-state index is 12.7. The molecular formula is C19H21F2NO3. The molecule has 0 unspecified atom stereocenters. The standard InChI is InChI=1S/C19H21F2NO3/c1-19(2,3)12-8-10-13(11-9-12)22-17(23)14-6-5-7-15(24-4)16(14)25-18(20)21/h5-11,18H,1-4H3,(H,22,23). The molecule has 0 aromatic heterocycles. The lowest BCUT2D eigenvalue weighted by Gasteiger charge is -2.19. The number of hydrogen-bond acceptors (Lipinski definition) is 3. The molecule has 2 aromatic carbocycles. The Morgan fingerprint density at radius 3 is 2.24 bits per heavy atom. The first kappa shape index (κ1) is 18.7. The first-order valence-electron chi connectivity index (χ1n) is 7.76. The van der Waals surface area contributed by atoms with Gasteiger partial charge in [0.25, 0.3) is 5.91 Å². The average Bonchev–Trinajstić information content (AvgIpc) is 2.54. The van der Waals surface area contributed by atoms with Gasteiger partial charge in [0.15, 0.2) is 11.5 Å². The van der Waals surface area contributed by atoms with Crippen molar-refractivity contribution in [2.45, 2.75) is 32.8 Å². The number of hydrogen-bond donors (Lipinski definition) is 1. The van der Waals surface area contributed by atoms with E-state index in [0.29, 0.717) is 5.69 Å². The average molecular weight is 349 g/mol. The summed E-state index contributed by atoms with van der Waals surface area (Å²) >= 11 is 0. The van der Waals surface area contributed by atoms with Gasteiger partial charge < -0.3 is 14.8 Å². The summed E-state index contributed by atoms with van der Waals surface area (Å²) in [6.45, 7) is 3.20. The summed E-state index contributed by atoms with van der Waals surface area (Å²) in [6, 6.07) is 11.8. The minimum absolute atomic E-state index is 0.00634. The van der Waals surface area contributed by atoms with E-state index < -0.39 is 12.5 Å². The highest BCUT2D eigenvalue weighted by atomic mass is 19.3. The second-order valence-electron chi connectivity index (χ2n) is 6.50. The first-order valence-corrected chi connectivity index (χ1v) is 7.76. The van der Waals surface area contributed by atoms with Gasteiger partial charge in [0.05, 0.1) is 12.7 Å². The van der Waals surface area contributed by atoms with Crippen molar-refractivity contribution >= 4 is 11.6 Å². The van der Waals surface area contributed by atoms with Gasteiger partial charge in [-0.25, -0.2) is 0 Å². The summed E-state index contributed by atoms with van der Waals surface area (Å²) in [5.74, 6) is -0.780. The second-order valence-corrected chi connectivity index (χ2v) is 6.50. The molecule has 0 aliphatic carbocycles. The number of para-hydroxylation sites is 1. The number of ether oxygens (including phenoxy) is 2. The van der Waals surface area contributed by atoms with E-state index >= 15 is 0 Å². The number of halogens is 2. The maximum Gasteiger partial charge on any atom is 0.387 e. The number of nitrogens with one attached hydrogen (secondary N) is 1. The van der Waals surface area contributed by atoms with Crippen molar-refractivity contribution in [2.75, 3.05) is 12.4 Å². The number of benzene rings is 2. The quantitative estimate of drug-likeness (QED) is 0.840. The van der Waals surface area contributed by atoms with Crippen LogP contribution in [-0.2, 0) is 5.41 Å². The third-order valence-electron chi connectivity index (χ3n) is 3.66. The number of rotatable bonds is 5. The Balaban J connectivity index is 2.26. The fraction of sp³-hybridized carbons (Fsp3) is 0.316. The Labute approximate surface area is 145 Å². The van der Waals surface area contributed by atoms with Crippen molar-refractivity contribution in [1.29, 1.82) is 0 Å². The van der Waals surface area contributed by atoms with Gasteiger partial charge in [0.1, 0.15) is 0 Å². The van der Waals surface area contributed by atoms with Crippen LogP contribution in [0.4, 0.5) is 14.5 Å². The molecule has 0 aliphatic rings. The minimum Gasteiger partial charge on any atom is -0.493 e. The molecule has 0 radical (unpaired) electrons. The third-order valence-corrected chi connectivity index (χ3v) is 3.66. The van der Waals surface area contributed by atoms with Crippen molar-refractivity contribution in [3.05, 3.63) is 53.6 Å². The number of amides is 1. The summed E-state index contributed by atoms with van der Waals surface area (Å²) in [6.07, 6.45) is 0. The van der Waals surface area contributed by atoms with Crippen LogP contribution in [0.2, 0.25) is 0 Å². The number of anilines is 1. The molecule has 6 heteroatoms. The Bertz CT molecular complexity index is 737. The summed E-state index contributed by atoms with van der Waals surface area (Å²) in [5.41, 5.74) is 1.64. The highest BCUT2D eigenvalue weighted by molar-refractivity contribution is 6.06. The van der Waals surface area contributed by atoms with Gasteiger partial charge in [0, 0.05) is 5.69 Å². The van der Waals surface area contributed by atoms with Gasteiger partial charge in [-0.2, -0.15) is 8.78 Å². The van der Waals surface area contributed by atoms with Gasteiger partial charge in [-0.3, -0.25) is 4.79 Å². The van der Waals surface area contributed by atoms with Crippen LogP contribution >= 0.6 is 0 Å². The minimum atomic E-state index is -3.06. The van der Waals surface area contributed by atoms with Crippen LogP contribution in [0, 0.1) is 0 Å². The van der Waals surface area contributed by atoms with Crippen LogP contribution in [0.5, 0.6) is 11.5 Å². The molecule has 0 fully saturated rings. The van der Waals surface area contributed by atoms with Crippen LogP contribution in [0.3, 0.4) is 0 Å². The predicted molar refractivity (Wildman–Crippen MR) is 92.7 cm³/mol. The smallest absolute Gasteiger partial charge is 0.387 e. The monoisotopic (exact) mass is 349 g/mol. The topological polar surface area (TPSA) is 47.6 Å². The molecule has 2 aromatic rings. The summed E-state index contributed by atoms with van der Waals surface area (Å²) in [7, 11) is 1.32. The lowest BCUT2D eigenvalue weighted by atomic mass is 9.87. The van der Waals surface area contributed by atoms with Crippen molar-refractivity contribution in [3.63, 3.8) is 0 Å². The number of carbonyl (C=O) groups excluding carboxylic acids is 1. The van der Waals surface area contributed by atoms with Crippen molar-refractivity contribution in [1.82, 2.24) is 0 Å². The number of alkyl halides is 2. The van der Waals surface area contributed by atoms with E-state index in [1.807, 2.05) is 12.1 Å². The van der Waals surface area contributed by atoms with Crippen molar-refractivity contribution in [2.24, 2.45) is 0 Å².